The van der Waals surface area contributed by atoms with E-state index in [9.17, 15) is 9.18 Å². The molecule has 1 aliphatic heterocycles. The van der Waals surface area contributed by atoms with Crippen molar-refractivity contribution in [2.45, 2.75) is 60.0 Å². The smallest absolute Gasteiger partial charge is 0.259 e. The number of pyridine rings is 1. The van der Waals surface area contributed by atoms with Crippen LogP contribution in [0.2, 0.25) is 5.02 Å². The Labute approximate surface area is 243 Å². The maximum atomic E-state index is 14.0. The van der Waals surface area contributed by atoms with Crippen LogP contribution < -0.4 is 10.6 Å². The van der Waals surface area contributed by atoms with Gasteiger partial charge in [0.2, 0.25) is 0 Å². The van der Waals surface area contributed by atoms with Crippen molar-refractivity contribution in [3.05, 3.63) is 101 Å². The first-order chi connectivity index (χ1) is 19.0. The minimum atomic E-state index is -0.405. The van der Waals surface area contributed by atoms with Gasteiger partial charge in [0.15, 0.2) is 0 Å². The van der Waals surface area contributed by atoms with Gasteiger partial charge in [-0.3, -0.25) is 9.78 Å². The Hall–Kier alpha value is -3.22. The van der Waals surface area contributed by atoms with Crippen LogP contribution in [0.5, 0.6) is 0 Å². The molecule has 1 atom stereocenters. The SMILES string of the molecule is C=C(CC)c1ccc(F)cc1NC(=O)C1=C(OC2CCNCC2)C=CC(C(C)(C)C)C=C1.Cc1ccc(Cl)cn1. The molecule has 2 aromatic rings. The van der Waals surface area contributed by atoms with Gasteiger partial charge in [-0.15, -0.1) is 0 Å². The number of halogens is 2. The van der Waals surface area contributed by atoms with Crippen LogP contribution in [0.15, 0.2) is 78.7 Å². The first-order valence-corrected chi connectivity index (χ1v) is 14.2. The molecule has 2 aliphatic rings. The van der Waals surface area contributed by atoms with E-state index in [-0.39, 0.29) is 23.3 Å². The lowest BCUT2D eigenvalue weighted by molar-refractivity contribution is -0.112. The van der Waals surface area contributed by atoms with E-state index in [1.807, 2.05) is 44.2 Å². The van der Waals surface area contributed by atoms with Gasteiger partial charge in [0.1, 0.15) is 17.7 Å². The zero-order valence-corrected chi connectivity index (χ0v) is 24.9. The summed E-state index contributed by atoms with van der Waals surface area (Å²) in [6.45, 7) is 16.3. The molecule has 0 bridgehead atoms. The van der Waals surface area contributed by atoms with Crippen molar-refractivity contribution in [1.82, 2.24) is 10.3 Å². The van der Waals surface area contributed by atoms with Gasteiger partial charge in [-0.05, 0) is 92.7 Å². The van der Waals surface area contributed by atoms with Crippen molar-refractivity contribution in [1.29, 1.82) is 0 Å². The molecule has 0 saturated carbocycles. The van der Waals surface area contributed by atoms with Gasteiger partial charge < -0.3 is 15.4 Å². The number of ether oxygens (including phenoxy) is 1. The molecule has 1 saturated heterocycles. The van der Waals surface area contributed by atoms with E-state index in [0.29, 0.717) is 28.5 Å². The van der Waals surface area contributed by atoms with Crippen LogP contribution in [0.4, 0.5) is 10.1 Å². The summed E-state index contributed by atoms with van der Waals surface area (Å²) in [5, 5.41) is 6.93. The summed E-state index contributed by atoms with van der Waals surface area (Å²) in [5.74, 6) is -0.00828. The molecule has 214 valence electrons. The maximum Gasteiger partial charge on any atom is 0.259 e. The van der Waals surface area contributed by atoms with Gasteiger partial charge in [-0.1, -0.05) is 58.0 Å². The number of aryl methyl sites for hydroxylation is 1. The van der Waals surface area contributed by atoms with Crippen molar-refractivity contribution < 1.29 is 13.9 Å². The number of rotatable bonds is 6. The topological polar surface area (TPSA) is 63.2 Å². The van der Waals surface area contributed by atoms with Crippen LogP contribution in [0.25, 0.3) is 5.57 Å². The van der Waals surface area contributed by atoms with Gasteiger partial charge in [0.25, 0.3) is 5.91 Å². The Morgan fingerprint density at radius 3 is 2.48 bits per heavy atom. The van der Waals surface area contributed by atoms with E-state index in [1.54, 1.807) is 12.3 Å². The lowest BCUT2D eigenvalue weighted by Gasteiger charge is -2.25. The predicted octanol–water partition coefficient (Wildman–Crippen LogP) is 8.04. The van der Waals surface area contributed by atoms with E-state index in [1.165, 1.54) is 12.1 Å². The Bertz CT molecular complexity index is 1250. The summed E-state index contributed by atoms with van der Waals surface area (Å²) >= 11 is 5.55. The molecule has 4 rings (SSSR count). The number of anilines is 1. The molecule has 1 fully saturated rings. The minimum absolute atomic E-state index is 0.00733. The Balaban J connectivity index is 0.000000472. The summed E-state index contributed by atoms with van der Waals surface area (Å²) in [4.78, 5) is 17.4. The van der Waals surface area contributed by atoms with Crippen LogP contribution in [-0.4, -0.2) is 30.1 Å². The van der Waals surface area contributed by atoms with Crippen molar-refractivity contribution in [2.75, 3.05) is 18.4 Å². The summed E-state index contributed by atoms with van der Waals surface area (Å²) < 4.78 is 20.3. The third-order valence-corrected chi connectivity index (χ3v) is 7.15. The van der Waals surface area contributed by atoms with Gasteiger partial charge in [-0.25, -0.2) is 4.39 Å². The van der Waals surface area contributed by atoms with E-state index >= 15 is 0 Å². The van der Waals surface area contributed by atoms with Gasteiger partial charge >= 0.3 is 0 Å². The number of nitrogens with zero attached hydrogens (tertiary/aromatic N) is 1. The molecular formula is C33H41ClFN3O2. The summed E-state index contributed by atoms with van der Waals surface area (Å²) in [6, 6.07) is 8.09. The van der Waals surface area contributed by atoms with Gasteiger partial charge in [0.05, 0.1) is 16.3 Å². The highest BCUT2D eigenvalue weighted by atomic mass is 35.5. The molecule has 5 nitrogen and oxygen atoms in total. The number of carbonyl (C=O) groups excluding carboxylic acids is 1. The van der Waals surface area contributed by atoms with Crippen LogP contribution in [0.1, 0.15) is 58.2 Å². The quantitative estimate of drug-likeness (QED) is 0.372. The van der Waals surface area contributed by atoms with Crippen LogP contribution >= 0.6 is 11.6 Å². The molecule has 0 spiro atoms. The Morgan fingerprint density at radius 1 is 1.18 bits per heavy atom. The second-order valence-electron chi connectivity index (χ2n) is 11.2. The third kappa shape index (κ3) is 9.17. The number of hydrogen-bond donors (Lipinski definition) is 2. The van der Waals surface area contributed by atoms with Crippen molar-refractivity contribution in [3.63, 3.8) is 0 Å². The van der Waals surface area contributed by atoms with Crippen LogP contribution in [0.3, 0.4) is 0 Å². The number of amides is 1. The van der Waals surface area contributed by atoms with Gasteiger partial charge in [-0.2, -0.15) is 0 Å². The largest absolute Gasteiger partial charge is 0.490 e. The Kier molecular flexibility index (Phi) is 11.3. The fourth-order valence-corrected chi connectivity index (χ4v) is 4.46. The summed E-state index contributed by atoms with van der Waals surface area (Å²) in [5.41, 5.74) is 3.45. The number of hydrogen-bond acceptors (Lipinski definition) is 4. The second-order valence-corrected chi connectivity index (χ2v) is 11.6. The highest BCUT2D eigenvalue weighted by molar-refractivity contribution is 6.30. The molecule has 2 heterocycles. The molecule has 1 aromatic heterocycles. The monoisotopic (exact) mass is 565 g/mol. The highest BCUT2D eigenvalue weighted by Gasteiger charge is 2.25. The summed E-state index contributed by atoms with van der Waals surface area (Å²) in [7, 11) is 0. The number of piperidine rings is 1. The predicted molar refractivity (Wildman–Crippen MR) is 164 cm³/mol. The average molecular weight is 566 g/mol. The van der Waals surface area contributed by atoms with Crippen LogP contribution in [-0.2, 0) is 9.53 Å². The number of benzene rings is 1. The van der Waals surface area contributed by atoms with Crippen LogP contribution in [0, 0.1) is 24.1 Å². The highest BCUT2D eigenvalue weighted by Crippen LogP contribution is 2.33. The van der Waals surface area contributed by atoms with E-state index < -0.39 is 5.82 Å². The average Bonchev–Trinajstić information content (AvgIpc) is 3.14. The molecular weight excluding hydrogens is 525 g/mol. The fourth-order valence-electron chi connectivity index (χ4n) is 4.35. The molecule has 1 aromatic carbocycles. The minimum Gasteiger partial charge on any atom is -0.490 e. The maximum absolute atomic E-state index is 14.0. The first-order valence-electron chi connectivity index (χ1n) is 13.8. The number of carbonyl (C=O) groups is 1. The molecule has 2 N–H and O–H groups in total. The van der Waals surface area contributed by atoms with Gasteiger partial charge in [0, 0.05) is 23.4 Å². The normalized spacial score (nSPS) is 17.5. The standard InChI is InChI=1S/C27H35FN2O2.C6H6ClN/c1-6-18(2)22-11-9-20(28)17-24(22)30-26(31)23-10-7-19(27(3,4)5)8-12-25(23)32-21-13-15-29-16-14-21;1-5-2-3-6(7)4-8-5/h7-12,17,19,21,29H,2,6,13-16H2,1,3-5H3,(H,30,31);2-4H,1H3. The molecule has 1 aliphatic carbocycles. The van der Waals surface area contributed by atoms with Crippen molar-refractivity contribution in [2.24, 2.45) is 11.3 Å². The van der Waals surface area contributed by atoms with E-state index in [0.717, 1.165) is 42.8 Å². The number of nitrogens with one attached hydrogen (secondary N) is 2. The molecule has 0 radical (unpaired) electrons. The van der Waals surface area contributed by atoms with Crippen molar-refractivity contribution >= 4 is 28.8 Å². The molecule has 7 heteroatoms. The van der Waals surface area contributed by atoms with E-state index in [2.05, 4.69) is 49.0 Å². The third-order valence-electron chi connectivity index (χ3n) is 6.93. The Morgan fingerprint density at radius 2 is 1.88 bits per heavy atom. The van der Waals surface area contributed by atoms with Crippen molar-refractivity contribution in [3.8, 4) is 0 Å². The number of aromatic nitrogens is 1. The second kappa shape index (κ2) is 14.4. The lowest BCUT2D eigenvalue weighted by Crippen LogP contribution is -2.32. The summed E-state index contributed by atoms with van der Waals surface area (Å²) in [6.07, 6.45) is 12.1. The molecule has 40 heavy (non-hydrogen) atoms. The van der Waals surface area contributed by atoms with E-state index in [4.69, 9.17) is 16.3 Å². The zero-order chi connectivity index (χ0) is 29.3. The molecule has 1 amide bonds. The molecule has 1 unspecified atom stereocenters. The fraction of sp³-hybridized carbons (Fsp3) is 0.394. The number of allylic oxidation sites excluding steroid dienone is 4. The lowest BCUT2D eigenvalue weighted by atomic mass is 9.80. The first kappa shape index (κ1) is 31.3. The zero-order valence-electron chi connectivity index (χ0n) is 24.2.